The summed E-state index contributed by atoms with van der Waals surface area (Å²) in [4.78, 5) is 2.45. The molecule has 7 nitrogen and oxygen atoms in total. The van der Waals surface area contributed by atoms with Crippen molar-refractivity contribution in [3.8, 4) is 0 Å². The third-order valence-electron chi connectivity index (χ3n) is 3.83. The Kier molecular flexibility index (Phi) is 3.79. The normalized spacial score (nSPS) is 19.8. The number of rotatable bonds is 4. The number of nitrogens with one attached hydrogen (secondary N) is 1. The van der Waals surface area contributed by atoms with E-state index in [9.17, 15) is 0 Å². The van der Waals surface area contributed by atoms with Crippen LogP contribution in [0.2, 0.25) is 0 Å². The molecule has 0 amide bonds. The molecule has 1 unspecified atom stereocenters. The number of fused-ring (bicyclic) bond motifs is 1. The monoisotopic (exact) mass is 276 g/mol. The number of hydrogen-bond acceptors (Lipinski definition) is 5. The minimum absolute atomic E-state index is 0.436. The van der Waals surface area contributed by atoms with Gasteiger partial charge in [0, 0.05) is 51.0 Å². The zero-order valence-electron chi connectivity index (χ0n) is 11.9. The first-order valence-electron chi connectivity index (χ1n) is 6.89. The van der Waals surface area contributed by atoms with Gasteiger partial charge in [-0.25, -0.2) is 0 Å². The third-order valence-corrected chi connectivity index (χ3v) is 3.83. The van der Waals surface area contributed by atoms with Crippen LogP contribution < -0.4 is 0 Å². The lowest BCUT2D eigenvalue weighted by atomic mass is 10.2. The second kappa shape index (κ2) is 5.72. The minimum atomic E-state index is 0.436. The second-order valence-electron chi connectivity index (χ2n) is 5.25. The van der Waals surface area contributed by atoms with Crippen molar-refractivity contribution in [1.29, 1.82) is 0 Å². The van der Waals surface area contributed by atoms with Gasteiger partial charge in [0.2, 0.25) is 0 Å². The van der Waals surface area contributed by atoms with E-state index >= 15 is 0 Å². The summed E-state index contributed by atoms with van der Waals surface area (Å²) >= 11 is 0. The van der Waals surface area contributed by atoms with Crippen LogP contribution in [-0.2, 0) is 30.9 Å². The number of nitrogens with zero attached hydrogens (tertiary/aromatic N) is 5. The van der Waals surface area contributed by atoms with Gasteiger partial charge in [-0.3, -0.25) is 10.00 Å². The maximum atomic E-state index is 5.18. The Balaban J connectivity index is 1.74. The van der Waals surface area contributed by atoms with Crippen molar-refractivity contribution in [2.75, 3.05) is 13.7 Å². The molecule has 7 heteroatoms. The van der Waals surface area contributed by atoms with E-state index in [2.05, 4.69) is 36.8 Å². The average molecular weight is 276 g/mol. The molecule has 0 radical (unpaired) electrons. The highest BCUT2D eigenvalue weighted by molar-refractivity contribution is 5.05. The highest BCUT2D eigenvalue weighted by Gasteiger charge is 2.24. The van der Waals surface area contributed by atoms with Crippen molar-refractivity contribution < 1.29 is 4.74 Å². The molecule has 3 heterocycles. The first kappa shape index (κ1) is 13.3. The summed E-state index contributed by atoms with van der Waals surface area (Å²) in [6.45, 7) is 5.55. The molecule has 0 bridgehead atoms. The zero-order chi connectivity index (χ0) is 13.9. The lowest BCUT2D eigenvalue weighted by molar-refractivity contribution is 0.171. The van der Waals surface area contributed by atoms with Crippen molar-refractivity contribution in [1.82, 2.24) is 29.9 Å². The van der Waals surface area contributed by atoms with Crippen LogP contribution in [0.1, 0.15) is 24.1 Å². The van der Waals surface area contributed by atoms with Crippen LogP contribution in [0.3, 0.4) is 0 Å². The molecule has 2 aromatic heterocycles. The van der Waals surface area contributed by atoms with E-state index in [0.717, 1.165) is 37.7 Å². The molecule has 0 spiro atoms. The Morgan fingerprint density at radius 1 is 1.40 bits per heavy atom. The van der Waals surface area contributed by atoms with Crippen molar-refractivity contribution in [2.24, 2.45) is 0 Å². The van der Waals surface area contributed by atoms with E-state index in [4.69, 9.17) is 4.74 Å². The maximum absolute atomic E-state index is 5.18. The molecule has 0 aromatic carbocycles. The molecule has 0 saturated heterocycles. The van der Waals surface area contributed by atoms with E-state index < -0.39 is 0 Å². The SMILES string of the molecule is COCc1nnc2n1CCN(Cc1cn[nH]c1)C(C)C2. The fourth-order valence-corrected chi connectivity index (χ4v) is 2.69. The van der Waals surface area contributed by atoms with Gasteiger partial charge in [0.05, 0.1) is 6.20 Å². The van der Waals surface area contributed by atoms with Crippen LogP contribution in [0.4, 0.5) is 0 Å². The van der Waals surface area contributed by atoms with E-state index in [-0.39, 0.29) is 0 Å². The van der Waals surface area contributed by atoms with Crippen LogP contribution in [-0.4, -0.2) is 49.6 Å². The fraction of sp³-hybridized carbons (Fsp3) is 0.615. The Morgan fingerprint density at radius 3 is 3.05 bits per heavy atom. The standard InChI is InChI=1S/C13H20N6O/c1-10-5-12-16-17-13(9-20-2)19(12)4-3-18(10)8-11-6-14-15-7-11/h6-7,10H,3-5,8-9H2,1-2H3,(H,14,15). The lowest BCUT2D eigenvalue weighted by Crippen LogP contribution is -2.34. The summed E-state index contributed by atoms with van der Waals surface area (Å²) in [5.74, 6) is 1.97. The lowest BCUT2D eigenvalue weighted by Gasteiger charge is -2.25. The van der Waals surface area contributed by atoms with Crippen LogP contribution in [0.25, 0.3) is 0 Å². The molecule has 1 atom stereocenters. The maximum Gasteiger partial charge on any atom is 0.159 e. The number of ether oxygens (including phenoxy) is 1. The van der Waals surface area contributed by atoms with Gasteiger partial charge in [0.1, 0.15) is 12.4 Å². The largest absolute Gasteiger partial charge is 0.377 e. The highest BCUT2D eigenvalue weighted by Crippen LogP contribution is 2.17. The van der Waals surface area contributed by atoms with E-state index in [1.54, 1.807) is 7.11 Å². The molecule has 108 valence electrons. The molecule has 0 saturated carbocycles. The smallest absolute Gasteiger partial charge is 0.159 e. The van der Waals surface area contributed by atoms with Gasteiger partial charge in [0.15, 0.2) is 5.82 Å². The molecule has 20 heavy (non-hydrogen) atoms. The predicted octanol–water partition coefficient (Wildman–Crippen LogP) is 0.594. The Morgan fingerprint density at radius 2 is 2.30 bits per heavy atom. The Bertz CT molecular complexity index is 549. The van der Waals surface area contributed by atoms with Crippen LogP contribution >= 0.6 is 0 Å². The van der Waals surface area contributed by atoms with Gasteiger partial charge in [-0.05, 0) is 6.92 Å². The number of aromatic amines is 1. The fourth-order valence-electron chi connectivity index (χ4n) is 2.69. The number of H-pyrrole nitrogens is 1. The van der Waals surface area contributed by atoms with Gasteiger partial charge < -0.3 is 9.30 Å². The first-order chi connectivity index (χ1) is 9.78. The quantitative estimate of drug-likeness (QED) is 0.885. The van der Waals surface area contributed by atoms with E-state index in [1.807, 2.05) is 12.4 Å². The predicted molar refractivity (Wildman–Crippen MR) is 72.9 cm³/mol. The molecule has 0 aliphatic carbocycles. The molecule has 1 N–H and O–H groups in total. The topological polar surface area (TPSA) is 71.9 Å². The van der Waals surface area contributed by atoms with Gasteiger partial charge in [-0.2, -0.15) is 5.10 Å². The molecule has 0 fully saturated rings. The summed E-state index contributed by atoms with van der Waals surface area (Å²) < 4.78 is 7.37. The summed E-state index contributed by atoms with van der Waals surface area (Å²) in [7, 11) is 1.69. The first-order valence-corrected chi connectivity index (χ1v) is 6.89. The van der Waals surface area contributed by atoms with Gasteiger partial charge in [-0.15, -0.1) is 10.2 Å². The molecular formula is C13H20N6O. The number of aromatic nitrogens is 5. The highest BCUT2D eigenvalue weighted by atomic mass is 16.5. The average Bonchev–Trinajstić information content (AvgIpc) is 3.03. The van der Waals surface area contributed by atoms with Crippen molar-refractivity contribution in [3.05, 3.63) is 29.6 Å². The summed E-state index contributed by atoms with van der Waals surface area (Å²) in [5.41, 5.74) is 1.21. The number of hydrogen-bond donors (Lipinski definition) is 1. The second-order valence-corrected chi connectivity index (χ2v) is 5.25. The van der Waals surface area contributed by atoms with Crippen LogP contribution in [0.15, 0.2) is 12.4 Å². The van der Waals surface area contributed by atoms with Crippen molar-refractivity contribution in [2.45, 2.75) is 39.1 Å². The Labute approximate surface area is 117 Å². The molecule has 2 aromatic rings. The van der Waals surface area contributed by atoms with Crippen LogP contribution in [0, 0.1) is 0 Å². The van der Waals surface area contributed by atoms with E-state index in [1.165, 1.54) is 5.56 Å². The van der Waals surface area contributed by atoms with Gasteiger partial charge >= 0.3 is 0 Å². The van der Waals surface area contributed by atoms with Crippen molar-refractivity contribution in [3.63, 3.8) is 0 Å². The molecular weight excluding hydrogens is 256 g/mol. The van der Waals surface area contributed by atoms with Crippen molar-refractivity contribution >= 4 is 0 Å². The summed E-state index contributed by atoms with van der Waals surface area (Å²) in [6, 6.07) is 0.436. The molecule has 3 rings (SSSR count). The zero-order valence-corrected chi connectivity index (χ0v) is 11.9. The molecule has 1 aliphatic rings. The molecule has 1 aliphatic heterocycles. The van der Waals surface area contributed by atoms with Gasteiger partial charge in [-0.1, -0.05) is 0 Å². The van der Waals surface area contributed by atoms with Gasteiger partial charge in [0.25, 0.3) is 0 Å². The van der Waals surface area contributed by atoms with Crippen LogP contribution in [0.5, 0.6) is 0 Å². The summed E-state index contributed by atoms with van der Waals surface area (Å²) in [6.07, 6.45) is 4.75. The number of methoxy groups -OCH3 is 1. The summed E-state index contributed by atoms with van der Waals surface area (Å²) in [5, 5.41) is 15.4. The minimum Gasteiger partial charge on any atom is -0.377 e. The Hall–Kier alpha value is -1.73. The van der Waals surface area contributed by atoms with E-state index in [0.29, 0.717) is 12.6 Å². The third kappa shape index (κ3) is 2.59.